The minimum absolute atomic E-state index is 0.0364. The predicted octanol–water partition coefficient (Wildman–Crippen LogP) is 3.64. The van der Waals surface area contributed by atoms with E-state index in [9.17, 15) is 13.2 Å². The van der Waals surface area contributed by atoms with Crippen LogP contribution in [0.3, 0.4) is 0 Å². The molecule has 0 aromatic heterocycles. The summed E-state index contributed by atoms with van der Waals surface area (Å²) in [7, 11) is -3.68. The highest BCUT2D eigenvalue weighted by Crippen LogP contribution is 2.29. The van der Waals surface area contributed by atoms with Crippen LogP contribution in [0.2, 0.25) is 0 Å². The minimum Gasteiger partial charge on any atom is -0.398 e. The third-order valence-corrected chi connectivity index (χ3v) is 9.13. The van der Waals surface area contributed by atoms with Crippen molar-refractivity contribution in [3.8, 4) is 0 Å². The molecule has 0 spiro atoms. The number of nitrogens with two attached hydrogens (primary N) is 2. The highest BCUT2D eigenvalue weighted by Gasteiger charge is 2.33. The summed E-state index contributed by atoms with van der Waals surface area (Å²) < 4.78 is 27.6. The Balaban J connectivity index is 1.47. The second-order valence-electron chi connectivity index (χ2n) is 9.65. The smallest absolute Gasteiger partial charge is 0.322 e. The number of anilines is 2. The number of carbonyl (C=O) groups excluding carboxylic acids is 1. The van der Waals surface area contributed by atoms with E-state index in [1.165, 1.54) is 10.4 Å². The third-order valence-electron chi connectivity index (χ3n) is 7.16. The molecule has 36 heavy (non-hydrogen) atoms. The van der Waals surface area contributed by atoms with Crippen LogP contribution in [0.5, 0.6) is 0 Å². The number of sulfonamides is 1. The van der Waals surface area contributed by atoms with E-state index in [1.54, 1.807) is 30.3 Å². The van der Waals surface area contributed by atoms with Gasteiger partial charge in [0, 0.05) is 36.4 Å². The molecule has 1 aliphatic carbocycles. The lowest BCUT2D eigenvalue weighted by atomic mass is 10.0. The van der Waals surface area contributed by atoms with Gasteiger partial charge in [0.1, 0.15) is 10.7 Å². The molecule has 0 radical (unpaired) electrons. The van der Waals surface area contributed by atoms with Crippen LogP contribution in [-0.4, -0.2) is 49.8 Å². The molecule has 1 aliphatic heterocycles. The average Bonchev–Trinajstić information content (AvgIpc) is 3.14. The normalized spacial score (nSPS) is 18.3. The number of nitrogens with one attached hydrogen (secondary N) is 2. The van der Waals surface area contributed by atoms with E-state index in [-0.39, 0.29) is 34.5 Å². The fraction of sp³-hybridized carbons (Fsp3) is 0.462. The first-order valence-electron chi connectivity index (χ1n) is 12.7. The predicted molar refractivity (Wildman–Crippen MR) is 143 cm³/mol. The summed E-state index contributed by atoms with van der Waals surface area (Å²) in [5, 5.41) is 11.0. The number of amidine groups is 1. The summed E-state index contributed by atoms with van der Waals surface area (Å²) in [6.45, 7) is 0.621. The molecule has 10 heteroatoms. The van der Waals surface area contributed by atoms with Crippen LogP contribution < -0.4 is 21.7 Å². The molecular formula is C26H36N6O3S. The van der Waals surface area contributed by atoms with Crippen LogP contribution in [0.15, 0.2) is 53.4 Å². The molecule has 9 nitrogen and oxygen atoms in total. The molecular weight excluding hydrogens is 476 g/mol. The molecule has 2 amide bonds. The molecule has 4 rings (SSSR count). The molecule has 2 fully saturated rings. The number of nitrogen functional groups attached to an aromatic ring is 2. The fourth-order valence-corrected chi connectivity index (χ4v) is 6.76. The van der Waals surface area contributed by atoms with E-state index in [4.69, 9.17) is 16.9 Å². The number of para-hydroxylation sites is 1. The van der Waals surface area contributed by atoms with Crippen molar-refractivity contribution in [3.63, 3.8) is 0 Å². The molecule has 1 heterocycles. The van der Waals surface area contributed by atoms with Gasteiger partial charge < -0.3 is 16.8 Å². The Hall–Kier alpha value is -3.11. The largest absolute Gasteiger partial charge is 0.398 e. The van der Waals surface area contributed by atoms with Crippen molar-refractivity contribution in [1.29, 1.82) is 5.41 Å². The molecule has 1 saturated heterocycles. The number of hydrogen-bond acceptors (Lipinski definition) is 5. The summed E-state index contributed by atoms with van der Waals surface area (Å²) >= 11 is 0. The molecule has 194 valence electrons. The quantitative estimate of drug-likeness (QED) is 0.202. The molecule has 2 aliphatic rings. The zero-order valence-corrected chi connectivity index (χ0v) is 21.3. The number of amides is 2. The lowest BCUT2D eigenvalue weighted by Gasteiger charge is -2.36. The van der Waals surface area contributed by atoms with Gasteiger partial charge in [-0.15, -0.1) is 0 Å². The van der Waals surface area contributed by atoms with Crippen LogP contribution >= 0.6 is 0 Å². The Bertz CT molecular complexity index is 1190. The lowest BCUT2D eigenvalue weighted by Crippen LogP contribution is -2.52. The Morgan fingerprint density at radius 3 is 2.28 bits per heavy atom. The number of piperidine rings is 1. The van der Waals surface area contributed by atoms with Crippen molar-refractivity contribution >= 4 is 33.3 Å². The maximum atomic E-state index is 13.6. The minimum atomic E-state index is -3.68. The van der Waals surface area contributed by atoms with Gasteiger partial charge in [0.2, 0.25) is 10.0 Å². The molecule has 0 bridgehead atoms. The fourth-order valence-electron chi connectivity index (χ4n) is 5.17. The first-order valence-corrected chi connectivity index (χ1v) is 14.1. The highest BCUT2D eigenvalue weighted by molar-refractivity contribution is 7.89. The molecule has 0 atom stereocenters. The van der Waals surface area contributed by atoms with Crippen molar-refractivity contribution < 1.29 is 13.2 Å². The van der Waals surface area contributed by atoms with E-state index in [1.807, 2.05) is 17.0 Å². The second kappa shape index (κ2) is 11.3. The molecule has 1 saturated carbocycles. The van der Waals surface area contributed by atoms with Crippen molar-refractivity contribution in [1.82, 2.24) is 9.62 Å². The van der Waals surface area contributed by atoms with E-state index in [0.717, 1.165) is 44.2 Å². The monoisotopic (exact) mass is 512 g/mol. The van der Waals surface area contributed by atoms with Crippen molar-refractivity contribution in [2.75, 3.05) is 23.7 Å². The maximum absolute atomic E-state index is 13.6. The first kappa shape index (κ1) is 26.0. The first-order chi connectivity index (χ1) is 17.3. The Labute approximate surface area is 213 Å². The molecule has 0 unspecified atom stereocenters. The maximum Gasteiger partial charge on any atom is 0.322 e. The standard InChI is InChI=1S/C26H36N6O3S/c27-23-12-5-6-13-24(23)36(34,35)31-16-14-20(15-17-31)30-26(33)32(21-9-3-1-2-4-10-21)22-11-7-8-19(18-22)25(28)29/h5-8,11-13,18,20-21H,1-4,9-10,14-17,27H2,(H3,28,29)(H,30,33). The van der Waals surface area contributed by atoms with Crippen LogP contribution in [-0.2, 0) is 10.0 Å². The van der Waals surface area contributed by atoms with Crippen molar-refractivity contribution in [3.05, 3.63) is 54.1 Å². The van der Waals surface area contributed by atoms with E-state index >= 15 is 0 Å². The zero-order chi connectivity index (χ0) is 25.7. The summed E-state index contributed by atoms with van der Waals surface area (Å²) in [5.41, 5.74) is 13.2. The highest BCUT2D eigenvalue weighted by atomic mass is 32.2. The average molecular weight is 513 g/mol. The van der Waals surface area contributed by atoms with E-state index in [0.29, 0.717) is 31.5 Å². The van der Waals surface area contributed by atoms with Gasteiger partial charge in [-0.2, -0.15) is 4.31 Å². The van der Waals surface area contributed by atoms with Crippen molar-refractivity contribution in [2.24, 2.45) is 5.73 Å². The number of nitrogens with zero attached hydrogens (tertiary/aromatic N) is 2. The van der Waals surface area contributed by atoms with E-state index < -0.39 is 10.0 Å². The summed E-state index contributed by atoms with van der Waals surface area (Å²) in [5.74, 6) is -0.0364. The number of urea groups is 1. The SMILES string of the molecule is N=C(N)c1cccc(N(C(=O)NC2CCN(S(=O)(=O)c3ccccc3N)CC2)C2CCCCCC2)c1. The van der Waals surface area contributed by atoms with Gasteiger partial charge in [0.25, 0.3) is 0 Å². The van der Waals surface area contributed by atoms with Gasteiger partial charge >= 0.3 is 6.03 Å². The van der Waals surface area contributed by atoms with Crippen LogP contribution in [0, 0.1) is 5.41 Å². The number of rotatable bonds is 6. The van der Waals surface area contributed by atoms with Gasteiger partial charge in [-0.25, -0.2) is 13.2 Å². The van der Waals surface area contributed by atoms with Gasteiger partial charge in [-0.05, 0) is 49.9 Å². The lowest BCUT2D eigenvalue weighted by molar-refractivity contribution is 0.230. The van der Waals surface area contributed by atoms with Gasteiger partial charge in [-0.3, -0.25) is 10.3 Å². The van der Waals surface area contributed by atoms with Crippen LogP contribution in [0.25, 0.3) is 0 Å². The zero-order valence-electron chi connectivity index (χ0n) is 20.5. The van der Waals surface area contributed by atoms with Crippen LogP contribution in [0.1, 0.15) is 56.9 Å². The van der Waals surface area contributed by atoms with Gasteiger partial charge in [-0.1, -0.05) is 49.9 Å². The molecule has 2 aromatic rings. The van der Waals surface area contributed by atoms with Crippen LogP contribution in [0.4, 0.5) is 16.2 Å². The van der Waals surface area contributed by atoms with Gasteiger partial charge in [0.15, 0.2) is 0 Å². The van der Waals surface area contributed by atoms with Gasteiger partial charge in [0.05, 0.1) is 5.69 Å². The Kier molecular flexibility index (Phi) is 8.15. The van der Waals surface area contributed by atoms with Crippen molar-refractivity contribution in [2.45, 2.75) is 68.3 Å². The van der Waals surface area contributed by atoms with E-state index in [2.05, 4.69) is 5.32 Å². The second-order valence-corrected chi connectivity index (χ2v) is 11.6. The molecule has 2 aromatic carbocycles. The summed E-state index contributed by atoms with van der Waals surface area (Å²) in [4.78, 5) is 15.6. The summed E-state index contributed by atoms with van der Waals surface area (Å²) in [6.07, 6.45) is 7.35. The number of carbonyl (C=O) groups is 1. The summed E-state index contributed by atoms with van der Waals surface area (Å²) in [6, 6.07) is 13.5. The Morgan fingerprint density at radius 2 is 1.64 bits per heavy atom. The third kappa shape index (κ3) is 5.82. The number of hydrogen-bond donors (Lipinski definition) is 4. The number of benzene rings is 2. The topological polar surface area (TPSA) is 146 Å². The molecule has 6 N–H and O–H groups in total. The Morgan fingerprint density at radius 1 is 0.972 bits per heavy atom.